The van der Waals surface area contributed by atoms with Crippen LogP contribution in [0.2, 0.25) is 0 Å². The molecule has 1 aliphatic rings. The predicted octanol–water partition coefficient (Wildman–Crippen LogP) is 4.67. The van der Waals surface area contributed by atoms with Gasteiger partial charge in [0.2, 0.25) is 0 Å². The molecule has 1 unspecified atom stereocenters. The third-order valence-electron chi connectivity index (χ3n) is 4.87. The third-order valence-corrected chi connectivity index (χ3v) is 4.87. The van der Waals surface area contributed by atoms with E-state index in [0.717, 1.165) is 24.8 Å². The van der Waals surface area contributed by atoms with Gasteiger partial charge in [-0.2, -0.15) is 0 Å². The minimum Gasteiger partial charge on any atom is -0.496 e. The first-order valence-corrected chi connectivity index (χ1v) is 8.61. The molecule has 1 fully saturated rings. The average molecular weight is 289 g/mol. The number of methoxy groups -OCH3 is 1. The summed E-state index contributed by atoms with van der Waals surface area (Å²) < 4.78 is 5.53. The lowest BCUT2D eigenvalue weighted by molar-refractivity contribution is 0.296. The Morgan fingerprint density at radius 1 is 1.24 bits per heavy atom. The van der Waals surface area contributed by atoms with Crippen molar-refractivity contribution in [1.29, 1.82) is 0 Å². The van der Waals surface area contributed by atoms with Crippen LogP contribution in [0, 0.1) is 12.8 Å². The molecule has 0 spiro atoms. The zero-order valence-corrected chi connectivity index (χ0v) is 14.0. The van der Waals surface area contributed by atoms with Crippen molar-refractivity contribution >= 4 is 0 Å². The summed E-state index contributed by atoms with van der Waals surface area (Å²) in [7, 11) is 1.77. The van der Waals surface area contributed by atoms with E-state index in [1.54, 1.807) is 7.11 Å². The molecule has 21 heavy (non-hydrogen) atoms. The van der Waals surface area contributed by atoms with E-state index >= 15 is 0 Å². The molecule has 0 aliphatic heterocycles. The van der Waals surface area contributed by atoms with Crippen LogP contribution >= 0.6 is 0 Å². The Morgan fingerprint density at radius 2 is 2.00 bits per heavy atom. The molecule has 1 saturated carbocycles. The minimum atomic E-state index is 0.631. The number of rotatable bonds is 7. The average Bonchev–Trinajstić information content (AvgIpc) is 2.53. The van der Waals surface area contributed by atoms with Gasteiger partial charge >= 0.3 is 0 Å². The number of hydrogen-bond acceptors (Lipinski definition) is 2. The van der Waals surface area contributed by atoms with Crippen molar-refractivity contribution in [3.8, 4) is 5.75 Å². The van der Waals surface area contributed by atoms with Crippen molar-refractivity contribution < 1.29 is 4.74 Å². The Hall–Kier alpha value is -1.02. The van der Waals surface area contributed by atoms with Gasteiger partial charge in [0, 0.05) is 6.54 Å². The van der Waals surface area contributed by atoms with Gasteiger partial charge in [-0.15, -0.1) is 0 Å². The highest BCUT2D eigenvalue weighted by Gasteiger charge is 2.25. The summed E-state index contributed by atoms with van der Waals surface area (Å²) in [5, 5.41) is 3.64. The van der Waals surface area contributed by atoms with E-state index in [1.807, 2.05) is 0 Å². The number of benzene rings is 1. The van der Waals surface area contributed by atoms with Crippen LogP contribution in [0.15, 0.2) is 18.2 Å². The third kappa shape index (κ3) is 4.47. The van der Waals surface area contributed by atoms with Crippen LogP contribution in [0.3, 0.4) is 0 Å². The van der Waals surface area contributed by atoms with Gasteiger partial charge in [0.05, 0.1) is 7.11 Å². The summed E-state index contributed by atoms with van der Waals surface area (Å²) in [5.41, 5.74) is 2.68. The maximum atomic E-state index is 5.53. The van der Waals surface area contributed by atoms with Crippen LogP contribution < -0.4 is 10.1 Å². The van der Waals surface area contributed by atoms with Crippen LogP contribution in [0.1, 0.15) is 62.5 Å². The van der Waals surface area contributed by atoms with Crippen LogP contribution in [0.25, 0.3) is 0 Å². The molecular weight excluding hydrogens is 258 g/mol. The van der Waals surface area contributed by atoms with Crippen molar-refractivity contribution in [2.45, 2.75) is 58.3 Å². The fraction of sp³-hybridized carbons (Fsp3) is 0.684. The molecule has 0 heterocycles. The molecule has 1 aliphatic carbocycles. The maximum absolute atomic E-state index is 5.53. The van der Waals surface area contributed by atoms with Crippen molar-refractivity contribution in [2.24, 2.45) is 5.92 Å². The van der Waals surface area contributed by atoms with E-state index in [0.29, 0.717) is 5.92 Å². The van der Waals surface area contributed by atoms with Crippen LogP contribution in [-0.4, -0.2) is 20.2 Å². The summed E-state index contributed by atoms with van der Waals surface area (Å²) in [6.45, 7) is 6.57. The second kappa shape index (κ2) is 8.43. The predicted molar refractivity (Wildman–Crippen MR) is 90.2 cm³/mol. The lowest BCUT2D eigenvalue weighted by Gasteiger charge is -2.31. The first kappa shape index (κ1) is 16.4. The normalized spacial score (nSPS) is 17.7. The Labute approximate surface area is 130 Å². The van der Waals surface area contributed by atoms with Gasteiger partial charge < -0.3 is 10.1 Å². The zero-order valence-electron chi connectivity index (χ0n) is 14.0. The van der Waals surface area contributed by atoms with Gasteiger partial charge in [-0.1, -0.05) is 38.3 Å². The molecule has 1 aromatic rings. The van der Waals surface area contributed by atoms with Crippen molar-refractivity contribution in [3.05, 3.63) is 29.3 Å². The lowest BCUT2D eigenvalue weighted by Crippen LogP contribution is -2.28. The summed E-state index contributed by atoms with van der Waals surface area (Å²) in [4.78, 5) is 0. The second-order valence-electron chi connectivity index (χ2n) is 6.44. The molecule has 2 heteroatoms. The van der Waals surface area contributed by atoms with E-state index in [2.05, 4.69) is 37.4 Å². The number of ether oxygens (including phenoxy) is 1. The molecule has 1 aromatic carbocycles. The molecule has 0 aromatic heterocycles. The largest absolute Gasteiger partial charge is 0.496 e. The smallest absolute Gasteiger partial charge is 0.122 e. The van der Waals surface area contributed by atoms with Gasteiger partial charge in [0.25, 0.3) is 0 Å². The highest BCUT2D eigenvalue weighted by molar-refractivity contribution is 5.38. The van der Waals surface area contributed by atoms with Crippen molar-refractivity contribution in [1.82, 2.24) is 5.32 Å². The zero-order chi connectivity index (χ0) is 15.1. The van der Waals surface area contributed by atoms with Gasteiger partial charge in [-0.05, 0) is 61.8 Å². The first-order valence-electron chi connectivity index (χ1n) is 8.61. The quantitative estimate of drug-likeness (QED) is 0.737. The second-order valence-corrected chi connectivity index (χ2v) is 6.44. The fourth-order valence-electron chi connectivity index (χ4n) is 3.59. The summed E-state index contributed by atoms with van der Waals surface area (Å²) >= 11 is 0. The molecule has 1 N–H and O–H groups in total. The molecule has 0 saturated heterocycles. The molecular formula is C19H31NO. The number of aryl methyl sites for hydroxylation is 1. The summed E-state index contributed by atoms with van der Waals surface area (Å²) in [6.07, 6.45) is 8.19. The molecule has 0 radical (unpaired) electrons. The van der Waals surface area contributed by atoms with Gasteiger partial charge in [-0.25, -0.2) is 0 Å². The monoisotopic (exact) mass is 289 g/mol. The molecule has 2 nitrogen and oxygen atoms in total. The first-order chi connectivity index (χ1) is 10.3. The van der Waals surface area contributed by atoms with E-state index < -0.39 is 0 Å². The van der Waals surface area contributed by atoms with E-state index in [9.17, 15) is 0 Å². The fourth-order valence-corrected chi connectivity index (χ4v) is 3.59. The van der Waals surface area contributed by atoms with E-state index in [1.165, 1.54) is 49.7 Å². The molecule has 118 valence electrons. The minimum absolute atomic E-state index is 0.631. The number of hydrogen-bond donors (Lipinski definition) is 1. The van der Waals surface area contributed by atoms with E-state index in [4.69, 9.17) is 4.74 Å². The van der Waals surface area contributed by atoms with Crippen LogP contribution in [-0.2, 0) is 0 Å². The van der Waals surface area contributed by atoms with Crippen molar-refractivity contribution in [3.63, 3.8) is 0 Å². The summed E-state index contributed by atoms with van der Waals surface area (Å²) in [5.74, 6) is 2.49. The lowest BCUT2D eigenvalue weighted by atomic mass is 9.76. The standard InChI is InChI=1S/C19H31NO/c1-4-12-20-14-18(16-8-6-5-7-9-16)17-11-10-15(2)19(13-17)21-3/h10-11,13,16,18,20H,4-9,12,14H2,1-3H3. The van der Waals surface area contributed by atoms with E-state index in [-0.39, 0.29) is 0 Å². The molecule has 2 rings (SSSR count). The topological polar surface area (TPSA) is 21.3 Å². The Morgan fingerprint density at radius 3 is 2.67 bits per heavy atom. The Balaban J connectivity index is 2.16. The van der Waals surface area contributed by atoms with Crippen LogP contribution in [0.5, 0.6) is 5.75 Å². The van der Waals surface area contributed by atoms with Gasteiger partial charge in [0.1, 0.15) is 5.75 Å². The number of nitrogens with one attached hydrogen (secondary N) is 1. The van der Waals surface area contributed by atoms with Gasteiger partial charge in [-0.3, -0.25) is 0 Å². The Kier molecular flexibility index (Phi) is 6.56. The SMILES string of the molecule is CCCNCC(c1ccc(C)c(OC)c1)C1CCCCC1. The maximum Gasteiger partial charge on any atom is 0.122 e. The highest BCUT2D eigenvalue weighted by atomic mass is 16.5. The van der Waals surface area contributed by atoms with Crippen LogP contribution in [0.4, 0.5) is 0 Å². The highest BCUT2D eigenvalue weighted by Crippen LogP contribution is 2.37. The van der Waals surface area contributed by atoms with Gasteiger partial charge in [0.15, 0.2) is 0 Å². The Bertz CT molecular complexity index is 424. The van der Waals surface area contributed by atoms with Crippen molar-refractivity contribution in [2.75, 3.05) is 20.2 Å². The summed E-state index contributed by atoms with van der Waals surface area (Å²) in [6, 6.07) is 6.79. The molecule has 0 bridgehead atoms. The molecule has 0 amide bonds. The molecule has 1 atom stereocenters.